The number of amides is 1. The second-order valence-electron chi connectivity index (χ2n) is 4.18. The maximum atomic E-state index is 12.0. The molecule has 0 saturated carbocycles. The van der Waals surface area contributed by atoms with Gasteiger partial charge in [0.1, 0.15) is 5.69 Å². The first-order chi connectivity index (χ1) is 9.72. The lowest BCUT2D eigenvalue weighted by Crippen LogP contribution is -2.23. The lowest BCUT2D eigenvalue weighted by Gasteiger charge is -1.99. The molecule has 0 aromatic carbocycles. The molecule has 6 nitrogen and oxygen atoms in total. The van der Waals surface area contributed by atoms with Crippen LogP contribution in [0.15, 0.2) is 34.3 Å². The Morgan fingerprint density at radius 2 is 2.45 bits per heavy atom. The van der Waals surface area contributed by atoms with Crippen LogP contribution in [0.1, 0.15) is 21.2 Å². The van der Waals surface area contributed by atoms with Crippen molar-refractivity contribution in [1.29, 1.82) is 0 Å². The Balaban J connectivity index is 1.65. The van der Waals surface area contributed by atoms with Gasteiger partial charge >= 0.3 is 0 Å². The second-order valence-corrected chi connectivity index (χ2v) is 5.25. The largest absolute Gasteiger partial charge is 0.463 e. The summed E-state index contributed by atoms with van der Waals surface area (Å²) in [4.78, 5) is 16.2. The molecule has 0 unspecified atom stereocenters. The summed E-state index contributed by atoms with van der Waals surface area (Å²) in [6.45, 7) is 2.32. The van der Waals surface area contributed by atoms with E-state index >= 15 is 0 Å². The van der Waals surface area contributed by atoms with Crippen molar-refractivity contribution in [3.05, 3.63) is 46.2 Å². The summed E-state index contributed by atoms with van der Waals surface area (Å²) in [5, 5.41) is 12.4. The molecule has 7 heteroatoms. The van der Waals surface area contributed by atoms with Crippen LogP contribution >= 0.6 is 11.3 Å². The van der Waals surface area contributed by atoms with Crippen molar-refractivity contribution < 1.29 is 9.21 Å². The molecule has 0 aliphatic rings. The van der Waals surface area contributed by atoms with Crippen molar-refractivity contribution in [1.82, 2.24) is 20.5 Å². The van der Waals surface area contributed by atoms with E-state index in [1.54, 1.807) is 35.8 Å². The molecule has 2 N–H and O–H groups in total. The van der Waals surface area contributed by atoms with Gasteiger partial charge in [-0.05, 0) is 19.1 Å². The molecule has 0 atom stereocenters. The summed E-state index contributed by atoms with van der Waals surface area (Å²) in [7, 11) is 0. The molecule has 0 aliphatic heterocycles. The lowest BCUT2D eigenvalue weighted by molar-refractivity contribution is 0.0945. The Kier molecular flexibility index (Phi) is 3.34. The highest BCUT2D eigenvalue weighted by atomic mass is 32.1. The van der Waals surface area contributed by atoms with Crippen LogP contribution < -0.4 is 5.32 Å². The topological polar surface area (TPSA) is 83.8 Å². The normalized spacial score (nSPS) is 10.7. The van der Waals surface area contributed by atoms with Crippen LogP contribution in [-0.2, 0) is 6.54 Å². The number of nitrogens with one attached hydrogen (secondary N) is 2. The number of furan rings is 1. The Bertz CT molecular complexity index is 714. The van der Waals surface area contributed by atoms with Crippen LogP contribution in [0.4, 0.5) is 0 Å². The number of hydrogen-bond acceptors (Lipinski definition) is 5. The van der Waals surface area contributed by atoms with Crippen LogP contribution in [0.2, 0.25) is 0 Å². The fourth-order valence-electron chi connectivity index (χ4n) is 1.75. The van der Waals surface area contributed by atoms with E-state index in [9.17, 15) is 4.79 Å². The van der Waals surface area contributed by atoms with Crippen LogP contribution in [0.25, 0.3) is 11.5 Å². The van der Waals surface area contributed by atoms with Gasteiger partial charge in [0.05, 0.1) is 23.5 Å². The fraction of sp³-hybridized carbons (Fsp3) is 0.154. The van der Waals surface area contributed by atoms with Crippen molar-refractivity contribution in [2.75, 3.05) is 0 Å². The molecule has 0 bridgehead atoms. The number of hydrogen-bond donors (Lipinski definition) is 2. The Morgan fingerprint density at radius 1 is 1.55 bits per heavy atom. The van der Waals surface area contributed by atoms with E-state index in [0.29, 0.717) is 23.7 Å². The minimum Gasteiger partial charge on any atom is -0.463 e. The third kappa shape index (κ3) is 2.62. The van der Waals surface area contributed by atoms with Crippen molar-refractivity contribution in [3.63, 3.8) is 0 Å². The molecule has 0 radical (unpaired) electrons. The van der Waals surface area contributed by atoms with E-state index < -0.39 is 0 Å². The Hall–Kier alpha value is -2.41. The van der Waals surface area contributed by atoms with Gasteiger partial charge < -0.3 is 9.73 Å². The molecule has 0 spiro atoms. The number of carbonyl (C=O) groups is 1. The summed E-state index contributed by atoms with van der Waals surface area (Å²) < 4.78 is 5.23. The highest BCUT2D eigenvalue weighted by Gasteiger charge is 2.12. The van der Waals surface area contributed by atoms with Gasteiger partial charge in [0, 0.05) is 11.4 Å². The molecule has 0 fully saturated rings. The molecule has 0 saturated heterocycles. The van der Waals surface area contributed by atoms with Gasteiger partial charge in [-0.25, -0.2) is 4.98 Å². The fourth-order valence-corrected chi connectivity index (χ4v) is 2.36. The molecule has 3 rings (SSSR count). The maximum Gasteiger partial charge on any atom is 0.272 e. The number of aryl methyl sites for hydroxylation is 1. The number of aromatic amines is 1. The SMILES string of the molecule is Cc1nc(CNC(=O)c2cc(-c3ccco3)[nH]n2)cs1. The van der Waals surface area contributed by atoms with E-state index in [0.717, 1.165) is 10.7 Å². The minimum atomic E-state index is -0.246. The quantitative estimate of drug-likeness (QED) is 0.772. The minimum absolute atomic E-state index is 0.246. The van der Waals surface area contributed by atoms with Crippen molar-refractivity contribution >= 4 is 17.2 Å². The van der Waals surface area contributed by atoms with Gasteiger partial charge in [-0.15, -0.1) is 11.3 Å². The molecular formula is C13H12N4O2S. The van der Waals surface area contributed by atoms with E-state index in [1.807, 2.05) is 12.3 Å². The summed E-state index contributed by atoms with van der Waals surface area (Å²) in [6, 6.07) is 5.23. The van der Waals surface area contributed by atoms with Gasteiger partial charge in [0.25, 0.3) is 5.91 Å². The second kappa shape index (κ2) is 5.30. The zero-order valence-corrected chi connectivity index (χ0v) is 11.5. The van der Waals surface area contributed by atoms with Gasteiger partial charge in [0.15, 0.2) is 11.5 Å². The summed E-state index contributed by atoms with van der Waals surface area (Å²) >= 11 is 1.56. The van der Waals surface area contributed by atoms with E-state index in [2.05, 4.69) is 20.5 Å². The number of nitrogens with zero attached hydrogens (tertiary/aromatic N) is 2. The van der Waals surface area contributed by atoms with Gasteiger partial charge in [0.2, 0.25) is 0 Å². The predicted octanol–water partition coefficient (Wildman–Crippen LogP) is 2.36. The number of carbonyl (C=O) groups excluding carboxylic acids is 1. The monoisotopic (exact) mass is 288 g/mol. The molecule has 1 amide bonds. The van der Waals surface area contributed by atoms with Crippen LogP contribution in [0, 0.1) is 6.92 Å². The van der Waals surface area contributed by atoms with Gasteiger partial charge in [-0.2, -0.15) is 5.10 Å². The molecule has 0 aliphatic carbocycles. The smallest absolute Gasteiger partial charge is 0.272 e. The zero-order chi connectivity index (χ0) is 13.9. The van der Waals surface area contributed by atoms with E-state index in [1.165, 1.54) is 0 Å². The Labute approximate surface area is 118 Å². The highest BCUT2D eigenvalue weighted by molar-refractivity contribution is 7.09. The molecule has 20 heavy (non-hydrogen) atoms. The summed E-state index contributed by atoms with van der Waals surface area (Å²) in [5.74, 6) is 0.399. The third-order valence-electron chi connectivity index (χ3n) is 2.69. The van der Waals surface area contributed by atoms with E-state index in [-0.39, 0.29) is 5.91 Å². The highest BCUT2D eigenvalue weighted by Crippen LogP contribution is 2.17. The lowest BCUT2D eigenvalue weighted by atomic mass is 10.3. The summed E-state index contributed by atoms with van der Waals surface area (Å²) in [5.41, 5.74) is 1.84. The van der Waals surface area contributed by atoms with Crippen molar-refractivity contribution in [3.8, 4) is 11.5 Å². The molecule has 3 aromatic rings. The van der Waals surface area contributed by atoms with E-state index in [4.69, 9.17) is 4.42 Å². The predicted molar refractivity (Wildman–Crippen MR) is 74.3 cm³/mol. The average Bonchev–Trinajstić information content (AvgIpc) is 3.16. The first kappa shape index (κ1) is 12.6. The maximum absolute atomic E-state index is 12.0. The molecular weight excluding hydrogens is 276 g/mol. The number of rotatable bonds is 4. The average molecular weight is 288 g/mol. The van der Waals surface area contributed by atoms with Crippen LogP contribution in [0.3, 0.4) is 0 Å². The van der Waals surface area contributed by atoms with Crippen LogP contribution in [0.5, 0.6) is 0 Å². The standard InChI is InChI=1S/C13H12N4O2S/c1-8-15-9(7-20-8)6-14-13(18)11-5-10(16-17-11)12-3-2-4-19-12/h2-5,7H,6H2,1H3,(H,14,18)(H,16,17). The first-order valence-corrected chi connectivity index (χ1v) is 6.89. The molecule has 3 heterocycles. The van der Waals surface area contributed by atoms with Gasteiger partial charge in [-0.3, -0.25) is 9.89 Å². The number of aromatic nitrogens is 3. The molecule has 102 valence electrons. The number of H-pyrrole nitrogens is 1. The van der Waals surface area contributed by atoms with Crippen molar-refractivity contribution in [2.45, 2.75) is 13.5 Å². The van der Waals surface area contributed by atoms with Crippen LogP contribution in [-0.4, -0.2) is 21.1 Å². The van der Waals surface area contributed by atoms with Crippen molar-refractivity contribution in [2.24, 2.45) is 0 Å². The van der Waals surface area contributed by atoms with Gasteiger partial charge in [-0.1, -0.05) is 0 Å². The third-order valence-corrected chi connectivity index (χ3v) is 3.52. The summed E-state index contributed by atoms with van der Waals surface area (Å²) in [6.07, 6.45) is 1.57. The number of thiazole rings is 1. The zero-order valence-electron chi connectivity index (χ0n) is 10.7. The first-order valence-electron chi connectivity index (χ1n) is 6.01. The Morgan fingerprint density at radius 3 is 3.15 bits per heavy atom. The molecule has 3 aromatic heterocycles.